The van der Waals surface area contributed by atoms with Gasteiger partial charge < -0.3 is 10.0 Å². The minimum atomic E-state index is -1.56. The topological polar surface area (TPSA) is 44.8 Å². The number of para-hydroxylation sites is 1. The van der Waals surface area contributed by atoms with Crippen LogP contribution in [0.1, 0.15) is 0 Å². The molecule has 0 saturated heterocycles. The second-order valence-corrected chi connectivity index (χ2v) is 2.04. The Labute approximate surface area is 64.9 Å². The lowest BCUT2D eigenvalue weighted by molar-refractivity contribution is 0.426. The van der Waals surface area contributed by atoms with Crippen LogP contribution in [0, 0.1) is 6.57 Å². The highest BCUT2D eigenvalue weighted by Crippen LogP contribution is 2.06. The summed E-state index contributed by atoms with van der Waals surface area (Å²) < 4.78 is 0. The van der Waals surface area contributed by atoms with Crippen LogP contribution in [0.3, 0.4) is 0 Å². The van der Waals surface area contributed by atoms with E-state index in [0.29, 0.717) is 0 Å². The lowest BCUT2D eigenvalue weighted by Gasteiger charge is -1.99. The Morgan fingerprint density at radius 2 is 1.91 bits per heavy atom. The van der Waals surface area contributed by atoms with E-state index in [1.54, 1.807) is 18.2 Å². The van der Waals surface area contributed by atoms with Crippen molar-refractivity contribution in [1.29, 1.82) is 0 Å². The normalized spacial score (nSPS) is 8.82. The Morgan fingerprint density at radius 1 is 1.27 bits per heavy atom. The van der Waals surface area contributed by atoms with Crippen molar-refractivity contribution < 1.29 is 10.0 Å². The molecule has 0 atom stereocenters. The van der Waals surface area contributed by atoms with Crippen LogP contribution in [0.5, 0.6) is 0 Å². The van der Waals surface area contributed by atoms with Crippen molar-refractivity contribution >= 4 is 18.3 Å². The summed E-state index contributed by atoms with van der Waals surface area (Å²) in [5.41, 5.74) is 0.532. The number of nitrogens with zero attached hydrogens (tertiary/aromatic N) is 1. The Hall–Kier alpha value is -1.31. The van der Waals surface area contributed by atoms with Crippen molar-refractivity contribution in [2.75, 3.05) is 0 Å². The predicted molar refractivity (Wildman–Crippen MR) is 42.5 cm³/mol. The monoisotopic (exact) mass is 147 g/mol. The van der Waals surface area contributed by atoms with E-state index in [1.165, 1.54) is 6.07 Å². The van der Waals surface area contributed by atoms with Crippen LogP contribution in [-0.2, 0) is 0 Å². The van der Waals surface area contributed by atoms with Gasteiger partial charge in [0.1, 0.15) is 0 Å². The zero-order valence-corrected chi connectivity index (χ0v) is 5.73. The summed E-state index contributed by atoms with van der Waals surface area (Å²) >= 11 is 0. The van der Waals surface area contributed by atoms with E-state index in [2.05, 4.69) is 4.85 Å². The molecule has 1 rings (SSSR count). The van der Waals surface area contributed by atoms with Gasteiger partial charge in [0.25, 0.3) is 0 Å². The van der Waals surface area contributed by atoms with Gasteiger partial charge in [0, 0.05) is 0 Å². The second-order valence-electron chi connectivity index (χ2n) is 2.04. The van der Waals surface area contributed by atoms with E-state index in [1.807, 2.05) is 0 Å². The van der Waals surface area contributed by atoms with E-state index in [-0.39, 0.29) is 11.2 Å². The van der Waals surface area contributed by atoms with Gasteiger partial charge in [-0.2, -0.15) is 0 Å². The van der Waals surface area contributed by atoms with Crippen LogP contribution in [0.25, 0.3) is 4.85 Å². The van der Waals surface area contributed by atoms with Crippen LogP contribution in [-0.4, -0.2) is 17.2 Å². The van der Waals surface area contributed by atoms with Crippen LogP contribution < -0.4 is 5.46 Å². The van der Waals surface area contributed by atoms with Crippen molar-refractivity contribution in [3.05, 3.63) is 35.7 Å². The van der Waals surface area contributed by atoms with E-state index in [9.17, 15) is 0 Å². The molecule has 1 aromatic carbocycles. The highest BCUT2D eigenvalue weighted by molar-refractivity contribution is 6.60. The van der Waals surface area contributed by atoms with Crippen LogP contribution in [0.2, 0.25) is 0 Å². The second kappa shape index (κ2) is 3.19. The average Bonchev–Trinajstić information content (AvgIpc) is 2.04. The first-order valence-electron chi connectivity index (χ1n) is 3.08. The van der Waals surface area contributed by atoms with Gasteiger partial charge in [0.2, 0.25) is 0 Å². The Kier molecular flexibility index (Phi) is 2.26. The van der Waals surface area contributed by atoms with E-state index in [0.717, 1.165) is 0 Å². The Balaban J connectivity index is 3.15. The van der Waals surface area contributed by atoms with E-state index in [4.69, 9.17) is 16.6 Å². The Morgan fingerprint density at radius 3 is 2.36 bits per heavy atom. The largest absolute Gasteiger partial charge is 0.476 e. The van der Waals surface area contributed by atoms with Crippen molar-refractivity contribution in [2.24, 2.45) is 0 Å². The fourth-order valence-corrected chi connectivity index (χ4v) is 0.808. The lowest BCUT2D eigenvalue weighted by atomic mass is 9.79. The highest BCUT2D eigenvalue weighted by atomic mass is 16.4. The molecular formula is C7H6BNO2. The summed E-state index contributed by atoms with van der Waals surface area (Å²) in [6, 6.07) is 6.39. The first-order valence-corrected chi connectivity index (χ1v) is 3.08. The predicted octanol–water partition coefficient (Wildman–Crippen LogP) is -0.0828. The van der Waals surface area contributed by atoms with Crippen molar-refractivity contribution in [1.82, 2.24) is 0 Å². The number of benzene rings is 1. The summed E-state index contributed by atoms with van der Waals surface area (Å²) in [5, 5.41) is 17.5. The number of hydrogen-bond acceptors (Lipinski definition) is 2. The molecule has 0 unspecified atom stereocenters. The highest BCUT2D eigenvalue weighted by Gasteiger charge is 2.13. The van der Waals surface area contributed by atoms with Crippen LogP contribution >= 0.6 is 0 Å². The molecule has 4 heteroatoms. The molecule has 0 heterocycles. The molecule has 0 aliphatic heterocycles. The van der Waals surface area contributed by atoms with Gasteiger partial charge in [0.15, 0.2) is 5.69 Å². The molecule has 0 fully saturated rings. The third-order valence-electron chi connectivity index (χ3n) is 1.34. The summed E-state index contributed by atoms with van der Waals surface area (Å²) in [4.78, 5) is 3.12. The smallest absolute Gasteiger partial charge is 0.424 e. The fraction of sp³-hybridized carbons (Fsp3) is 0. The van der Waals surface area contributed by atoms with Gasteiger partial charge in [0.05, 0.1) is 6.57 Å². The zero-order valence-electron chi connectivity index (χ0n) is 5.73. The summed E-state index contributed by atoms with van der Waals surface area (Å²) in [5.74, 6) is 0. The third kappa shape index (κ3) is 1.58. The lowest BCUT2D eigenvalue weighted by Crippen LogP contribution is -2.29. The first-order chi connectivity index (χ1) is 5.25. The van der Waals surface area contributed by atoms with Crippen molar-refractivity contribution in [3.8, 4) is 0 Å². The molecule has 0 aliphatic carbocycles. The van der Waals surface area contributed by atoms with Gasteiger partial charge in [-0.3, -0.25) is 0 Å². The summed E-state index contributed by atoms with van der Waals surface area (Å²) in [7, 11) is -1.56. The van der Waals surface area contributed by atoms with E-state index >= 15 is 0 Å². The molecule has 0 spiro atoms. The first kappa shape index (κ1) is 7.80. The van der Waals surface area contributed by atoms with Crippen molar-refractivity contribution in [3.63, 3.8) is 0 Å². The maximum Gasteiger partial charge on any atom is 0.476 e. The molecule has 0 radical (unpaired) electrons. The molecule has 0 bridgehead atoms. The minimum absolute atomic E-state index is 0.252. The molecule has 54 valence electrons. The Bertz CT molecular complexity index is 293. The average molecular weight is 147 g/mol. The van der Waals surface area contributed by atoms with Crippen LogP contribution in [0.4, 0.5) is 5.69 Å². The molecular weight excluding hydrogens is 141 g/mol. The van der Waals surface area contributed by atoms with Gasteiger partial charge >= 0.3 is 7.12 Å². The maximum atomic E-state index is 8.75. The minimum Gasteiger partial charge on any atom is -0.424 e. The molecule has 1 aromatic rings. The quantitative estimate of drug-likeness (QED) is 0.430. The molecule has 11 heavy (non-hydrogen) atoms. The molecule has 0 aromatic heterocycles. The molecule has 3 nitrogen and oxygen atoms in total. The number of hydrogen-bond donors (Lipinski definition) is 2. The zero-order chi connectivity index (χ0) is 8.27. The van der Waals surface area contributed by atoms with Gasteiger partial charge in [-0.1, -0.05) is 24.3 Å². The molecule has 2 N–H and O–H groups in total. The molecule has 0 saturated carbocycles. The fourth-order valence-electron chi connectivity index (χ4n) is 0.808. The maximum absolute atomic E-state index is 8.75. The standard InChI is InChI=1S/C7H6BNO2/c1-9-7-5-3-2-4-6(7)8(10)11/h2-5,10-11H. The van der Waals surface area contributed by atoms with E-state index < -0.39 is 7.12 Å². The third-order valence-corrected chi connectivity index (χ3v) is 1.34. The van der Waals surface area contributed by atoms with Gasteiger partial charge in [-0.15, -0.1) is 0 Å². The SMILES string of the molecule is [C-]#[N+]c1ccccc1B(O)O. The summed E-state index contributed by atoms with van der Waals surface area (Å²) in [6.45, 7) is 6.68. The molecule has 0 amide bonds. The summed E-state index contributed by atoms with van der Waals surface area (Å²) in [6.07, 6.45) is 0. The van der Waals surface area contributed by atoms with Gasteiger partial charge in [-0.25, -0.2) is 4.85 Å². The van der Waals surface area contributed by atoms with Crippen LogP contribution in [0.15, 0.2) is 24.3 Å². The molecule has 0 aliphatic rings. The van der Waals surface area contributed by atoms with Gasteiger partial charge in [-0.05, 0) is 5.46 Å². The number of rotatable bonds is 1. The van der Waals surface area contributed by atoms with Crippen molar-refractivity contribution in [2.45, 2.75) is 0 Å².